The van der Waals surface area contributed by atoms with E-state index in [0.29, 0.717) is 0 Å². The zero-order valence-corrected chi connectivity index (χ0v) is 7.36. The predicted octanol–water partition coefficient (Wildman–Crippen LogP) is 2.75. The van der Waals surface area contributed by atoms with Crippen LogP contribution in [-0.4, -0.2) is 21.3 Å². The van der Waals surface area contributed by atoms with Gasteiger partial charge in [-0.25, -0.2) is 0 Å². The summed E-state index contributed by atoms with van der Waals surface area (Å²) in [7, 11) is 0. The summed E-state index contributed by atoms with van der Waals surface area (Å²) in [5.41, 5.74) is 0. The van der Waals surface area contributed by atoms with Crippen molar-refractivity contribution in [1.82, 2.24) is 0 Å². The molecule has 0 saturated carbocycles. The summed E-state index contributed by atoms with van der Waals surface area (Å²) in [6, 6.07) is 0. The van der Waals surface area contributed by atoms with Crippen LogP contribution < -0.4 is 0 Å². The van der Waals surface area contributed by atoms with Gasteiger partial charge in [0.05, 0.1) is 4.58 Å². The van der Waals surface area contributed by atoms with E-state index in [2.05, 4.69) is 31.3 Å². The Hall–Kier alpha value is 1.05. The molecule has 0 spiro atoms. The van der Waals surface area contributed by atoms with Gasteiger partial charge >= 0.3 is 0 Å². The van der Waals surface area contributed by atoms with Crippen molar-refractivity contribution in [2.24, 2.45) is 0 Å². The number of hydrogen-bond acceptors (Lipinski definition) is 3. The molecule has 3 heteroatoms. The van der Waals surface area contributed by atoms with Crippen molar-refractivity contribution in [2.75, 3.05) is 11.5 Å². The van der Waals surface area contributed by atoms with Crippen molar-refractivity contribution in [3.8, 4) is 0 Å². The summed E-state index contributed by atoms with van der Waals surface area (Å²) in [6.45, 7) is 2.28. The molecule has 0 N–H and O–H groups in total. The van der Waals surface area contributed by atoms with Gasteiger partial charge in [0, 0.05) is 16.8 Å². The van der Waals surface area contributed by atoms with Crippen molar-refractivity contribution in [3.05, 3.63) is 0 Å². The molecule has 0 radical (unpaired) electrons. The molecule has 1 rings (SSSR count). The SMILES string of the molecule is C.CC1CSC(CS)S1. The number of hydrogen-bond donors (Lipinski definition) is 1. The second-order valence-corrected chi connectivity index (χ2v) is 5.44. The standard InChI is InChI=1S/C5H10S3.CH4/c1-4-3-7-5(2-6)8-4;/h4-6H,2-3H2,1H3;1H4. The van der Waals surface area contributed by atoms with Crippen LogP contribution in [0.1, 0.15) is 14.4 Å². The van der Waals surface area contributed by atoms with E-state index < -0.39 is 0 Å². The van der Waals surface area contributed by atoms with E-state index in [9.17, 15) is 0 Å². The van der Waals surface area contributed by atoms with Crippen LogP contribution >= 0.6 is 36.2 Å². The lowest BCUT2D eigenvalue weighted by Gasteiger charge is -2.00. The van der Waals surface area contributed by atoms with Gasteiger partial charge in [-0.15, -0.1) is 23.5 Å². The summed E-state index contributed by atoms with van der Waals surface area (Å²) in [5.74, 6) is 2.34. The topological polar surface area (TPSA) is 0 Å². The summed E-state index contributed by atoms with van der Waals surface area (Å²) in [4.78, 5) is 0. The molecular formula is C6H14S3. The molecule has 0 aromatic heterocycles. The van der Waals surface area contributed by atoms with Crippen molar-refractivity contribution in [1.29, 1.82) is 0 Å². The molecule has 0 amide bonds. The van der Waals surface area contributed by atoms with Crippen molar-refractivity contribution in [3.63, 3.8) is 0 Å². The van der Waals surface area contributed by atoms with Crippen LogP contribution in [0.25, 0.3) is 0 Å². The second-order valence-electron chi connectivity index (χ2n) is 1.89. The van der Waals surface area contributed by atoms with E-state index >= 15 is 0 Å². The first kappa shape index (κ1) is 10.0. The molecule has 56 valence electrons. The highest BCUT2D eigenvalue weighted by molar-refractivity contribution is 8.21. The van der Waals surface area contributed by atoms with Crippen molar-refractivity contribution in [2.45, 2.75) is 24.2 Å². The molecule has 1 aliphatic heterocycles. The van der Waals surface area contributed by atoms with E-state index in [0.717, 1.165) is 15.6 Å². The lowest BCUT2D eigenvalue weighted by Crippen LogP contribution is -1.93. The molecular weight excluding hydrogens is 168 g/mol. The largest absolute Gasteiger partial charge is 0.177 e. The van der Waals surface area contributed by atoms with Gasteiger partial charge in [0.15, 0.2) is 0 Å². The van der Waals surface area contributed by atoms with Gasteiger partial charge in [0.2, 0.25) is 0 Å². The molecule has 0 aromatic carbocycles. The van der Waals surface area contributed by atoms with Gasteiger partial charge in [-0.2, -0.15) is 12.6 Å². The zero-order chi connectivity index (χ0) is 5.98. The molecule has 2 unspecified atom stereocenters. The molecule has 1 saturated heterocycles. The van der Waals surface area contributed by atoms with Crippen LogP contribution in [0, 0.1) is 0 Å². The Balaban J connectivity index is 0.000000640. The van der Waals surface area contributed by atoms with Crippen LogP contribution in [0.5, 0.6) is 0 Å². The van der Waals surface area contributed by atoms with Gasteiger partial charge in [-0.1, -0.05) is 14.4 Å². The minimum Gasteiger partial charge on any atom is -0.177 e. The maximum Gasteiger partial charge on any atom is 0.0593 e. The monoisotopic (exact) mass is 182 g/mol. The van der Waals surface area contributed by atoms with Crippen molar-refractivity contribution >= 4 is 36.2 Å². The van der Waals surface area contributed by atoms with E-state index in [-0.39, 0.29) is 7.43 Å². The van der Waals surface area contributed by atoms with Crippen LogP contribution in [0.2, 0.25) is 0 Å². The van der Waals surface area contributed by atoms with E-state index in [1.54, 1.807) is 0 Å². The van der Waals surface area contributed by atoms with Crippen LogP contribution in [0.4, 0.5) is 0 Å². The summed E-state index contributed by atoms with van der Waals surface area (Å²) < 4.78 is 0.772. The minimum atomic E-state index is 0. The summed E-state index contributed by atoms with van der Waals surface area (Å²) >= 11 is 8.30. The average molecular weight is 182 g/mol. The molecule has 0 bridgehead atoms. The Labute approximate surface area is 72.0 Å². The first-order chi connectivity index (χ1) is 3.83. The highest BCUT2D eigenvalue weighted by Crippen LogP contribution is 2.37. The molecule has 1 fully saturated rings. The average Bonchev–Trinajstić information content (AvgIpc) is 2.14. The number of thioether (sulfide) groups is 2. The molecule has 0 aliphatic carbocycles. The highest BCUT2D eigenvalue weighted by Gasteiger charge is 2.20. The van der Waals surface area contributed by atoms with E-state index in [4.69, 9.17) is 0 Å². The molecule has 1 heterocycles. The summed E-state index contributed by atoms with van der Waals surface area (Å²) in [5, 5.41) is 0.858. The van der Waals surface area contributed by atoms with E-state index in [1.807, 2.05) is 11.8 Å². The van der Waals surface area contributed by atoms with E-state index in [1.165, 1.54) is 5.75 Å². The van der Waals surface area contributed by atoms with Gasteiger partial charge in [-0.05, 0) is 0 Å². The maximum atomic E-state index is 4.21. The third-order valence-corrected chi connectivity index (χ3v) is 5.19. The first-order valence-electron chi connectivity index (χ1n) is 2.71. The number of rotatable bonds is 1. The second kappa shape index (κ2) is 4.80. The fraction of sp³-hybridized carbons (Fsp3) is 1.00. The molecule has 0 nitrogen and oxygen atoms in total. The van der Waals surface area contributed by atoms with Crippen LogP contribution in [0.15, 0.2) is 0 Å². The Bertz CT molecular complexity index is 74.7. The fourth-order valence-corrected chi connectivity index (χ4v) is 4.12. The van der Waals surface area contributed by atoms with Crippen LogP contribution in [0.3, 0.4) is 0 Å². The Kier molecular flexibility index (Phi) is 5.36. The lowest BCUT2D eigenvalue weighted by molar-refractivity contribution is 1.15. The lowest BCUT2D eigenvalue weighted by atomic mass is 10.6. The fourth-order valence-electron chi connectivity index (χ4n) is 0.676. The smallest absolute Gasteiger partial charge is 0.0593 e. The van der Waals surface area contributed by atoms with Gasteiger partial charge in [0.1, 0.15) is 0 Å². The van der Waals surface area contributed by atoms with Gasteiger partial charge in [-0.3, -0.25) is 0 Å². The Morgan fingerprint density at radius 1 is 1.67 bits per heavy atom. The predicted molar refractivity (Wildman–Crippen MR) is 53.9 cm³/mol. The first-order valence-corrected chi connectivity index (χ1v) is 5.33. The normalized spacial score (nSPS) is 34.0. The number of thiol groups is 1. The Morgan fingerprint density at radius 3 is 2.56 bits per heavy atom. The molecule has 9 heavy (non-hydrogen) atoms. The zero-order valence-electron chi connectivity index (χ0n) is 4.83. The third kappa shape index (κ3) is 3.10. The highest BCUT2D eigenvalue weighted by atomic mass is 32.2. The van der Waals surface area contributed by atoms with Crippen LogP contribution in [-0.2, 0) is 0 Å². The Morgan fingerprint density at radius 2 is 2.33 bits per heavy atom. The van der Waals surface area contributed by atoms with Gasteiger partial charge < -0.3 is 0 Å². The quantitative estimate of drug-likeness (QED) is 0.619. The maximum absolute atomic E-state index is 4.21. The molecule has 2 atom stereocenters. The summed E-state index contributed by atoms with van der Waals surface area (Å²) in [6.07, 6.45) is 0. The minimum absolute atomic E-state index is 0. The third-order valence-electron chi connectivity index (χ3n) is 1.05. The molecule has 0 aromatic rings. The van der Waals surface area contributed by atoms with Gasteiger partial charge in [0.25, 0.3) is 0 Å². The molecule has 1 aliphatic rings. The van der Waals surface area contributed by atoms with Crippen molar-refractivity contribution < 1.29 is 0 Å².